The van der Waals surface area contributed by atoms with Gasteiger partial charge in [-0.2, -0.15) is 0 Å². The van der Waals surface area contributed by atoms with E-state index in [1.165, 1.54) is 42.2 Å². The summed E-state index contributed by atoms with van der Waals surface area (Å²) in [5.74, 6) is -5.55. The number of carbonyl (C=O) groups is 5. The molecule has 10 N–H and O–H groups in total. The monoisotopic (exact) mass is 1200 g/mol. The van der Waals surface area contributed by atoms with Crippen molar-refractivity contribution in [1.82, 2.24) is 30.6 Å². The first-order chi connectivity index (χ1) is 39.8. The summed E-state index contributed by atoms with van der Waals surface area (Å²) in [5.41, 5.74) is 10.2. The number of fused-ring (bicyclic) bond motifs is 2. The number of methoxy groups -OCH3 is 1. The summed E-state index contributed by atoms with van der Waals surface area (Å²) in [4.78, 5) is 92.2. The van der Waals surface area contributed by atoms with Crippen molar-refractivity contribution in [2.45, 2.75) is 42.5 Å². The van der Waals surface area contributed by atoms with E-state index in [0.29, 0.717) is 64.4 Å². The molecule has 0 fully saturated rings. The Labute approximate surface area is 479 Å². The van der Waals surface area contributed by atoms with Gasteiger partial charge in [0.05, 0.1) is 30.1 Å². The number of nitrogens with two attached hydrogens (primary N) is 1. The number of nitrogens with one attached hydrogen (secondary N) is 6. The molecule has 8 rings (SSSR count). The summed E-state index contributed by atoms with van der Waals surface area (Å²) in [5, 5.41) is 31.5. The average molecular weight is 1200 g/mol. The van der Waals surface area contributed by atoms with Gasteiger partial charge in [-0.15, -0.1) is 0 Å². The number of halogens is 2. The van der Waals surface area contributed by atoms with Crippen LogP contribution in [0.2, 0.25) is 0 Å². The lowest BCUT2D eigenvalue weighted by molar-refractivity contribution is -0.142. The predicted octanol–water partition coefficient (Wildman–Crippen LogP) is 6.33. The number of sulfonamides is 1. The van der Waals surface area contributed by atoms with Crippen LogP contribution in [0.15, 0.2) is 119 Å². The van der Waals surface area contributed by atoms with Gasteiger partial charge in [0.2, 0.25) is 17.2 Å². The fourth-order valence-electron chi connectivity index (χ4n) is 8.45. The van der Waals surface area contributed by atoms with Crippen molar-refractivity contribution in [3.05, 3.63) is 143 Å². The molecule has 29 heteroatoms. The number of aromatic amines is 1. The zero-order valence-corrected chi connectivity index (χ0v) is 46.5. The molecule has 0 bridgehead atoms. The Morgan fingerprint density at radius 2 is 1.66 bits per heavy atom. The first-order valence-electron chi connectivity index (χ1n) is 25.1. The van der Waals surface area contributed by atoms with Crippen LogP contribution in [0.4, 0.5) is 42.3 Å². The number of nitrogens with zero attached hydrogens (tertiary/aromatic N) is 4. The van der Waals surface area contributed by atoms with E-state index in [9.17, 15) is 56.2 Å². The largest absolute Gasteiger partial charge is 0.508 e. The molecule has 4 aromatic heterocycles. The standard InChI is InChI=1S/C54H53F2N11O13S3/c1-67-35(26-61-49-48(67)44(68)23-46(57)65-49)25-60-33-8-3-29(4-9-33)50(70)63-42(52(71)72)14-16-47(69)62-43(53(73)74)28-82-81-20-19-79-54(75)80-27-34-10-5-31(24-59-34)36-17-18-58-40-11-6-30(21-37(36)40)39-12-13-41(51(64-39)78-2)66-83(76,77)45-15-7-32(55)22-38(45)56/h3-13,15,17-18,21-24,35,42-43,60,66H,14,16,19-20,25-28H2,1-2H3,(H,62,69)(H,63,70)(H,71,72)(H,73,74)(H4,57,61,65,68). The number of anilines is 5. The number of benzene rings is 3. The van der Waals surface area contributed by atoms with Crippen LogP contribution in [0.5, 0.6) is 5.88 Å². The van der Waals surface area contributed by atoms with Gasteiger partial charge in [-0.3, -0.25) is 29.1 Å². The molecule has 5 heterocycles. The molecule has 3 aromatic carbocycles. The van der Waals surface area contributed by atoms with Crippen molar-refractivity contribution in [1.29, 1.82) is 0 Å². The maximum absolute atomic E-state index is 14.4. The summed E-state index contributed by atoms with van der Waals surface area (Å²) < 4.78 is 71.7. The summed E-state index contributed by atoms with van der Waals surface area (Å²) in [6.45, 7) is 0.634. The summed E-state index contributed by atoms with van der Waals surface area (Å²) in [6.07, 6.45) is 1.51. The lowest BCUT2D eigenvalue weighted by Crippen LogP contribution is -2.48. The molecule has 0 saturated carbocycles. The molecule has 0 saturated heterocycles. The summed E-state index contributed by atoms with van der Waals surface area (Å²) >= 11 is 0. The highest BCUT2D eigenvalue weighted by Crippen LogP contribution is 2.34. The Kier molecular flexibility index (Phi) is 19.5. The fraction of sp³-hybridized carbons (Fsp3) is 0.241. The number of nitrogen functional groups attached to an aromatic ring is 1. The van der Waals surface area contributed by atoms with Crippen molar-refractivity contribution in [2.75, 3.05) is 71.3 Å². The third-order valence-electron chi connectivity index (χ3n) is 12.7. The Morgan fingerprint density at radius 3 is 2.39 bits per heavy atom. The second kappa shape index (κ2) is 27.0. The first-order valence-corrected chi connectivity index (χ1v) is 29.0. The number of carboxylic acid groups (broad SMARTS) is 2. The Hall–Kier alpha value is -9.22. The highest BCUT2D eigenvalue weighted by molar-refractivity contribution is 8.76. The second-order valence-electron chi connectivity index (χ2n) is 18.3. The third-order valence-corrected chi connectivity index (χ3v) is 16.5. The molecule has 2 amide bonds. The topological polar surface area (TPSA) is 349 Å². The molecule has 24 nitrogen and oxygen atoms in total. The zero-order chi connectivity index (χ0) is 59.4. The summed E-state index contributed by atoms with van der Waals surface area (Å²) in [6, 6.07) is 20.3. The van der Waals surface area contributed by atoms with Gasteiger partial charge < -0.3 is 61.3 Å². The van der Waals surface area contributed by atoms with Crippen molar-refractivity contribution < 1.29 is 65.6 Å². The number of likely N-dealkylation sites (N-methyl/N-ethyl adjacent to an activating group) is 1. The Balaban J connectivity index is 0.735. The highest BCUT2D eigenvalue weighted by atomic mass is 33.1. The fourth-order valence-corrected chi connectivity index (χ4v) is 11.6. The third kappa shape index (κ3) is 15.4. The Morgan fingerprint density at radius 1 is 0.892 bits per heavy atom. The molecular formula is C54H53F2N11O13S3. The quantitative estimate of drug-likeness (QED) is 0.0171. The molecule has 3 unspecified atom stereocenters. The molecule has 83 heavy (non-hydrogen) atoms. The van der Waals surface area contributed by atoms with Gasteiger partial charge in [0.1, 0.15) is 64.8 Å². The van der Waals surface area contributed by atoms with Gasteiger partial charge in [-0.1, -0.05) is 33.7 Å². The van der Waals surface area contributed by atoms with E-state index in [4.69, 9.17) is 19.9 Å². The number of rotatable bonds is 25. The van der Waals surface area contributed by atoms with E-state index in [2.05, 4.69) is 45.9 Å². The van der Waals surface area contributed by atoms with E-state index in [0.717, 1.165) is 33.9 Å². The van der Waals surface area contributed by atoms with E-state index in [-0.39, 0.29) is 65.6 Å². The predicted molar refractivity (Wildman–Crippen MR) is 308 cm³/mol. The number of aliphatic carboxylic acids is 2. The smallest absolute Gasteiger partial charge is 0.480 e. The lowest BCUT2D eigenvalue weighted by Gasteiger charge is -2.36. The van der Waals surface area contributed by atoms with Gasteiger partial charge in [0.15, 0.2) is 0 Å². The van der Waals surface area contributed by atoms with E-state index >= 15 is 0 Å². The van der Waals surface area contributed by atoms with Gasteiger partial charge >= 0.3 is 18.1 Å². The van der Waals surface area contributed by atoms with Crippen LogP contribution in [0.3, 0.4) is 0 Å². The van der Waals surface area contributed by atoms with Crippen LogP contribution in [0.25, 0.3) is 33.3 Å². The van der Waals surface area contributed by atoms with Gasteiger partial charge in [-0.05, 0) is 84.8 Å². The van der Waals surface area contributed by atoms with Crippen molar-refractivity contribution in [3.8, 4) is 28.3 Å². The molecule has 0 radical (unpaired) electrons. The van der Waals surface area contributed by atoms with Crippen LogP contribution in [-0.4, -0.2) is 132 Å². The molecule has 1 aliphatic heterocycles. The number of carbonyl (C=O) groups excluding carboxylic acids is 3. The van der Waals surface area contributed by atoms with Crippen LogP contribution in [0, 0.1) is 11.6 Å². The molecule has 0 aliphatic carbocycles. The lowest BCUT2D eigenvalue weighted by atomic mass is 9.99. The minimum absolute atomic E-state index is 0.0819. The molecule has 1 aliphatic rings. The highest BCUT2D eigenvalue weighted by Gasteiger charge is 2.28. The zero-order valence-electron chi connectivity index (χ0n) is 44.0. The van der Waals surface area contributed by atoms with Crippen LogP contribution in [-0.2, 0) is 40.5 Å². The van der Waals surface area contributed by atoms with Crippen LogP contribution >= 0.6 is 21.6 Å². The minimum atomic E-state index is -4.48. The number of ether oxygens (including phenoxy) is 3. The number of carboxylic acids is 2. The van der Waals surface area contributed by atoms with E-state index in [1.807, 2.05) is 11.0 Å². The minimum Gasteiger partial charge on any atom is -0.480 e. The van der Waals surface area contributed by atoms with E-state index < -0.39 is 75.0 Å². The van der Waals surface area contributed by atoms with Crippen molar-refractivity contribution in [2.24, 2.45) is 0 Å². The summed E-state index contributed by atoms with van der Waals surface area (Å²) in [7, 11) is 0.872. The average Bonchev–Trinajstić information content (AvgIpc) is 3.64. The number of hydrogen-bond acceptors (Lipinski definition) is 20. The maximum atomic E-state index is 14.4. The molecule has 0 spiro atoms. The van der Waals surface area contributed by atoms with Crippen molar-refractivity contribution >= 4 is 101 Å². The first kappa shape index (κ1) is 59.9. The number of pyridine rings is 4. The molecular weight excluding hydrogens is 1140 g/mol. The second-order valence-corrected chi connectivity index (χ2v) is 22.6. The number of aromatic nitrogens is 4. The van der Waals surface area contributed by atoms with Crippen molar-refractivity contribution in [3.63, 3.8) is 0 Å². The molecule has 7 aromatic rings. The number of H-pyrrole nitrogens is 1. The Bertz CT molecular complexity index is 3740. The number of hydrogen-bond donors (Lipinski definition) is 9. The van der Waals surface area contributed by atoms with Crippen LogP contribution < -0.4 is 46.8 Å². The van der Waals surface area contributed by atoms with Gasteiger partial charge in [0, 0.05) is 90.4 Å². The van der Waals surface area contributed by atoms with E-state index in [1.54, 1.807) is 68.0 Å². The van der Waals surface area contributed by atoms with Gasteiger partial charge in [-0.25, -0.2) is 36.6 Å². The maximum Gasteiger partial charge on any atom is 0.508 e. The SMILES string of the molecule is COc1nc(-c2ccc3nccc(-c4ccc(COC(=O)OCCSSCC(NC(=O)CCC(NC(=O)c5ccc(NCC6CNc7[nH]c(N)cc(=O)c7N6C)cc5)C(=O)O)C(=O)O)nc4)c3c2)ccc1NS(=O)(=O)c1ccc(F)cc1F. The van der Waals surface area contributed by atoms with Gasteiger partial charge in [0.25, 0.3) is 15.9 Å². The van der Waals surface area contributed by atoms with Crippen LogP contribution in [0.1, 0.15) is 28.9 Å². The normalized spacial score (nSPS) is 13.6. The molecule has 3 atom stereocenters. The number of amides is 2. The molecule has 434 valence electrons.